The van der Waals surface area contributed by atoms with E-state index >= 15 is 0 Å². The Labute approximate surface area is 180 Å². The molecule has 1 unspecified atom stereocenters. The van der Waals surface area contributed by atoms with Gasteiger partial charge in [0.2, 0.25) is 0 Å². The van der Waals surface area contributed by atoms with Crippen LogP contribution in [0.5, 0.6) is 5.75 Å². The lowest BCUT2D eigenvalue weighted by molar-refractivity contribution is 0.119. The highest BCUT2D eigenvalue weighted by Gasteiger charge is 2.12. The summed E-state index contributed by atoms with van der Waals surface area (Å²) in [7, 11) is 5.44. The Bertz CT molecular complexity index is 785. The van der Waals surface area contributed by atoms with Crippen molar-refractivity contribution in [2.75, 3.05) is 34.4 Å². The zero-order chi connectivity index (χ0) is 20.5. The van der Waals surface area contributed by atoms with E-state index in [9.17, 15) is 0 Å². The van der Waals surface area contributed by atoms with E-state index in [-0.39, 0.29) is 6.10 Å². The number of rotatable bonds is 9. The van der Waals surface area contributed by atoms with Gasteiger partial charge in [0.25, 0.3) is 0 Å². The van der Waals surface area contributed by atoms with Crippen LogP contribution in [0.3, 0.4) is 0 Å². The van der Waals surface area contributed by atoms with Gasteiger partial charge in [-0.3, -0.25) is 4.99 Å². The molecular formula is C19H26Cl2N4O2S. The van der Waals surface area contributed by atoms with Crippen LogP contribution in [0.1, 0.15) is 30.2 Å². The third kappa shape index (κ3) is 6.81. The third-order valence-corrected chi connectivity index (χ3v) is 5.58. The van der Waals surface area contributed by atoms with Crippen LogP contribution < -0.4 is 10.1 Å². The van der Waals surface area contributed by atoms with Crippen molar-refractivity contribution in [1.82, 2.24) is 15.2 Å². The van der Waals surface area contributed by atoms with E-state index in [1.807, 2.05) is 18.9 Å². The van der Waals surface area contributed by atoms with Crippen molar-refractivity contribution in [2.45, 2.75) is 26.0 Å². The Morgan fingerprint density at radius 2 is 2.18 bits per heavy atom. The van der Waals surface area contributed by atoms with Crippen LogP contribution >= 0.6 is 34.5 Å². The summed E-state index contributed by atoms with van der Waals surface area (Å²) in [6.07, 6.45) is 0.813. The fraction of sp³-hybridized carbons (Fsp3) is 0.474. The Hall–Kier alpha value is -1.54. The Morgan fingerprint density at radius 3 is 2.86 bits per heavy atom. The number of hydrogen-bond acceptors (Lipinski definition) is 5. The molecule has 1 aromatic carbocycles. The summed E-state index contributed by atoms with van der Waals surface area (Å²) in [5.41, 5.74) is 0.995. The summed E-state index contributed by atoms with van der Waals surface area (Å²) in [6, 6.07) is 5.21. The van der Waals surface area contributed by atoms with E-state index in [0.717, 1.165) is 29.6 Å². The number of hydrogen-bond donors (Lipinski definition) is 1. The van der Waals surface area contributed by atoms with Crippen LogP contribution in [0.25, 0.3) is 0 Å². The highest BCUT2D eigenvalue weighted by Crippen LogP contribution is 2.27. The number of benzene rings is 1. The molecule has 0 saturated carbocycles. The Balaban J connectivity index is 1.75. The van der Waals surface area contributed by atoms with E-state index in [2.05, 4.69) is 20.7 Å². The summed E-state index contributed by atoms with van der Waals surface area (Å²) >= 11 is 13.6. The Kier molecular flexibility index (Phi) is 9.31. The lowest BCUT2D eigenvalue weighted by atomic mass is 10.3. The summed E-state index contributed by atoms with van der Waals surface area (Å²) in [4.78, 5) is 11.0. The molecule has 6 nitrogen and oxygen atoms in total. The van der Waals surface area contributed by atoms with Gasteiger partial charge in [-0.15, -0.1) is 11.3 Å². The predicted molar refractivity (Wildman–Crippen MR) is 117 cm³/mol. The maximum Gasteiger partial charge on any atom is 0.193 e. The van der Waals surface area contributed by atoms with Crippen molar-refractivity contribution in [2.24, 2.45) is 4.99 Å². The summed E-state index contributed by atoms with van der Waals surface area (Å²) in [5.74, 6) is 1.44. The molecule has 0 amide bonds. The van der Waals surface area contributed by atoms with Gasteiger partial charge in [0, 0.05) is 38.2 Å². The molecule has 1 N–H and O–H groups in total. The predicted octanol–water partition coefficient (Wildman–Crippen LogP) is 4.63. The van der Waals surface area contributed by atoms with Crippen molar-refractivity contribution < 1.29 is 9.47 Å². The quantitative estimate of drug-likeness (QED) is 0.346. The number of halogens is 2. The minimum absolute atomic E-state index is 0.00985. The van der Waals surface area contributed by atoms with Crippen molar-refractivity contribution in [3.63, 3.8) is 0 Å². The van der Waals surface area contributed by atoms with Gasteiger partial charge in [-0.2, -0.15) is 0 Å². The van der Waals surface area contributed by atoms with Crippen molar-refractivity contribution in [3.05, 3.63) is 44.3 Å². The van der Waals surface area contributed by atoms with Crippen LogP contribution in [-0.4, -0.2) is 50.2 Å². The highest BCUT2D eigenvalue weighted by atomic mass is 35.5. The number of guanidine groups is 1. The van der Waals surface area contributed by atoms with Crippen molar-refractivity contribution in [1.29, 1.82) is 0 Å². The maximum atomic E-state index is 6.10. The number of nitrogens with one attached hydrogen (secondary N) is 1. The van der Waals surface area contributed by atoms with Crippen LogP contribution in [-0.2, 0) is 11.3 Å². The van der Waals surface area contributed by atoms with Crippen molar-refractivity contribution >= 4 is 40.5 Å². The molecule has 154 valence electrons. The summed E-state index contributed by atoms with van der Waals surface area (Å²) in [5, 5.41) is 7.47. The second-order valence-corrected chi connectivity index (χ2v) is 7.90. The normalized spacial score (nSPS) is 12.7. The summed E-state index contributed by atoms with van der Waals surface area (Å²) in [6.45, 7) is 3.93. The SMILES string of the molecule is CN=C(NCCCOc1ccc(Cl)cc1Cl)N(C)Cc1csc(C(C)OC)n1. The smallest absolute Gasteiger partial charge is 0.193 e. The van der Waals surface area contributed by atoms with Crippen LogP contribution in [0.2, 0.25) is 10.0 Å². The molecule has 0 saturated heterocycles. The molecule has 0 bridgehead atoms. The standard InChI is InChI=1S/C19H26Cl2N4O2S/c1-13(26-4)18-24-15(12-28-18)11-25(3)19(22-2)23-8-5-9-27-17-7-6-14(20)10-16(17)21/h6-7,10,12-13H,5,8-9,11H2,1-4H3,(H,22,23). The maximum absolute atomic E-state index is 6.10. The highest BCUT2D eigenvalue weighted by molar-refractivity contribution is 7.09. The molecule has 1 heterocycles. The van der Waals surface area contributed by atoms with Gasteiger partial charge in [-0.05, 0) is 31.5 Å². The number of ether oxygens (including phenoxy) is 2. The second-order valence-electron chi connectivity index (χ2n) is 6.16. The molecule has 0 aliphatic carbocycles. The molecule has 9 heteroatoms. The number of aliphatic imine (C=N–C) groups is 1. The van der Waals surface area contributed by atoms with E-state index in [0.29, 0.717) is 28.9 Å². The summed E-state index contributed by atoms with van der Waals surface area (Å²) < 4.78 is 11.0. The van der Waals surface area contributed by atoms with Gasteiger partial charge in [-0.1, -0.05) is 23.2 Å². The zero-order valence-corrected chi connectivity index (χ0v) is 18.9. The van der Waals surface area contributed by atoms with Gasteiger partial charge in [0.1, 0.15) is 16.9 Å². The monoisotopic (exact) mass is 444 g/mol. The van der Waals surface area contributed by atoms with E-state index < -0.39 is 0 Å². The topological polar surface area (TPSA) is 59.0 Å². The average molecular weight is 445 g/mol. The largest absolute Gasteiger partial charge is 0.492 e. The van der Waals surface area contributed by atoms with Gasteiger partial charge in [-0.25, -0.2) is 4.98 Å². The van der Waals surface area contributed by atoms with Gasteiger partial charge in [0.05, 0.1) is 23.9 Å². The number of thiazole rings is 1. The van der Waals surface area contributed by atoms with Gasteiger partial charge in [0.15, 0.2) is 5.96 Å². The molecule has 0 spiro atoms. The van der Waals surface area contributed by atoms with E-state index in [1.54, 1.807) is 43.7 Å². The molecule has 0 fully saturated rings. The first-order valence-corrected chi connectivity index (χ1v) is 10.5. The average Bonchev–Trinajstić information content (AvgIpc) is 3.13. The minimum atomic E-state index is 0.00985. The molecule has 0 aliphatic rings. The Morgan fingerprint density at radius 1 is 1.39 bits per heavy atom. The lowest BCUT2D eigenvalue weighted by Crippen LogP contribution is -2.39. The zero-order valence-electron chi connectivity index (χ0n) is 16.5. The number of nitrogens with zero attached hydrogens (tertiary/aromatic N) is 3. The first kappa shape index (κ1) is 22.7. The first-order valence-electron chi connectivity index (χ1n) is 8.91. The molecular weight excluding hydrogens is 419 g/mol. The van der Waals surface area contributed by atoms with Crippen molar-refractivity contribution in [3.8, 4) is 5.75 Å². The molecule has 0 aliphatic heterocycles. The number of methoxy groups -OCH3 is 1. The number of aromatic nitrogens is 1. The molecule has 1 atom stereocenters. The molecule has 1 aromatic heterocycles. The minimum Gasteiger partial charge on any atom is -0.492 e. The van der Waals surface area contributed by atoms with Crippen LogP contribution in [0.4, 0.5) is 0 Å². The van der Waals surface area contributed by atoms with Gasteiger partial charge >= 0.3 is 0 Å². The van der Waals surface area contributed by atoms with E-state index in [4.69, 9.17) is 32.7 Å². The second kappa shape index (κ2) is 11.5. The lowest BCUT2D eigenvalue weighted by Gasteiger charge is -2.21. The molecule has 28 heavy (non-hydrogen) atoms. The molecule has 2 aromatic rings. The van der Waals surface area contributed by atoms with E-state index in [1.165, 1.54) is 0 Å². The van der Waals surface area contributed by atoms with Crippen LogP contribution in [0.15, 0.2) is 28.6 Å². The van der Waals surface area contributed by atoms with Crippen LogP contribution in [0, 0.1) is 0 Å². The fourth-order valence-electron chi connectivity index (χ4n) is 2.43. The first-order chi connectivity index (χ1) is 13.4. The molecule has 2 rings (SSSR count). The molecule has 0 radical (unpaired) electrons. The third-order valence-electron chi connectivity index (χ3n) is 4.00. The fourth-order valence-corrected chi connectivity index (χ4v) is 3.74. The van der Waals surface area contributed by atoms with Gasteiger partial charge < -0.3 is 19.7 Å².